The number of aromatic carboxylic acids is 1. The van der Waals surface area contributed by atoms with Gasteiger partial charge in [0.25, 0.3) is 0 Å². The molecule has 8 heteroatoms. The van der Waals surface area contributed by atoms with Crippen LogP contribution < -0.4 is 10.6 Å². The highest BCUT2D eigenvalue weighted by atomic mass is 35.5. The normalized spacial score (nSPS) is 20.6. The van der Waals surface area contributed by atoms with Crippen LogP contribution in [-0.4, -0.2) is 39.8 Å². The Morgan fingerprint density at radius 1 is 1.32 bits per heavy atom. The number of ether oxygens (including phenoxy) is 1. The van der Waals surface area contributed by atoms with Gasteiger partial charge in [0.15, 0.2) is 0 Å². The highest BCUT2D eigenvalue weighted by Crippen LogP contribution is 2.26. The second-order valence-electron chi connectivity index (χ2n) is 7.21. The van der Waals surface area contributed by atoms with Gasteiger partial charge >= 0.3 is 12.1 Å². The molecule has 1 aliphatic rings. The number of carbonyl (C=O) groups excluding carboxylic acids is 1. The molecule has 1 aromatic heterocycles. The molecule has 1 fully saturated rings. The number of halogens is 1. The minimum absolute atomic E-state index is 0.0216. The van der Waals surface area contributed by atoms with Crippen molar-refractivity contribution in [2.45, 2.75) is 64.1 Å². The number of nitrogens with one attached hydrogen (secondary N) is 2. The van der Waals surface area contributed by atoms with Gasteiger partial charge in [0, 0.05) is 18.3 Å². The molecular weight excluding hydrogens is 346 g/mol. The first kappa shape index (κ1) is 19.3. The lowest BCUT2D eigenvalue weighted by molar-refractivity contribution is 0.0491. The van der Waals surface area contributed by atoms with Crippen LogP contribution in [0.25, 0.3) is 0 Å². The Kier molecular flexibility index (Phi) is 6.11. The lowest BCUT2D eigenvalue weighted by atomic mass is 9.90. The molecule has 1 saturated carbocycles. The number of carbonyl (C=O) groups is 2. The molecular formula is C17H24ClN3O4. The van der Waals surface area contributed by atoms with E-state index in [0.717, 1.165) is 19.3 Å². The molecule has 1 amide bonds. The lowest BCUT2D eigenvalue weighted by Gasteiger charge is -2.32. The lowest BCUT2D eigenvalue weighted by Crippen LogP contribution is -2.44. The van der Waals surface area contributed by atoms with E-state index in [0.29, 0.717) is 12.1 Å². The maximum atomic E-state index is 11.9. The summed E-state index contributed by atoms with van der Waals surface area (Å²) in [6, 6.07) is 1.52. The fourth-order valence-electron chi connectivity index (χ4n) is 2.87. The monoisotopic (exact) mass is 369 g/mol. The Bertz CT molecular complexity index is 645. The molecule has 3 N–H and O–H groups in total. The largest absolute Gasteiger partial charge is 0.478 e. The Labute approximate surface area is 152 Å². The predicted octanol–water partition coefficient (Wildman–Crippen LogP) is 3.68. The van der Waals surface area contributed by atoms with Crippen molar-refractivity contribution in [3.05, 3.63) is 23.0 Å². The molecule has 0 saturated heterocycles. The van der Waals surface area contributed by atoms with Crippen LogP contribution in [0.2, 0.25) is 5.15 Å². The number of hydrogen-bond donors (Lipinski definition) is 3. The van der Waals surface area contributed by atoms with E-state index in [1.54, 1.807) is 0 Å². The van der Waals surface area contributed by atoms with E-state index in [1.165, 1.54) is 12.3 Å². The van der Waals surface area contributed by atoms with Gasteiger partial charge in [-0.05, 0) is 52.5 Å². The minimum atomic E-state index is -1.06. The summed E-state index contributed by atoms with van der Waals surface area (Å²) in [6.45, 7) is 5.45. The molecule has 1 aromatic rings. The van der Waals surface area contributed by atoms with Crippen molar-refractivity contribution in [1.29, 1.82) is 0 Å². The van der Waals surface area contributed by atoms with Crippen molar-refractivity contribution < 1.29 is 19.4 Å². The second kappa shape index (κ2) is 7.91. The van der Waals surface area contributed by atoms with E-state index >= 15 is 0 Å². The predicted molar refractivity (Wildman–Crippen MR) is 95.2 cm³/mol. The average Bonchev–Trinajstić information content (AvgIpc) is 2.45. The van der Waals surface area contributed by atoms with E-state index in [1.807, 2.05) is 20.8 Å². The van der Waals surface area contributed by atoms with E-state index in [9.17, 15) is 14.7 Å². The van der Waals surface area contributed by atoms with Gasteiger partial charge in [-0.15, -0.1) is 0 Å². The third-order valence-electron chi connectivity index (χ3n) is 3.86. The van der Waals surface area contributed by atoms with Crippen LogP contribution in [0.15, 0.2) is 12.3 Å². The molecule has 7 nitrogen and oxygen atoms in total. The first-order valence-electron chi connectivity index (χ1n) is 8.29. The summed E-state index contributed by atoms with van der Waals surface area (Å²) >= 11 is 5.88. The number of amides is 1. The molecule has 0 bridgehead atoms. The Morgan fingerprint density at radius 3 is 2.64 bits per heavy atom. The van der Waals surface area contributed by atoms with Crippen molar-refractivity contribution >= 4 is 29.4 Å². The van der Waals surface area contributed by atoms with Crippen LogP contribution >= 0.6 is 11.6 Å². The van der Waals surface area contributed by atoms with Crippen LogP contribution in [0.1, 0.15) is 56.8 Å². The van der Waals surface area contributed by atoms with E-state index in [4.69, 9.17) is 16.3 Å². The van der Waals surface area contributed by atoms with Gasteiger partial charge in [0.05, 0.1) is 5.69 Å². The maximum absolute atomic E-state index is 11.9. The molecule has 138 valence electrons. The van der Waals surface area contributed by atoms with Crippen LogP contribution in [0.4, 0.5) is 10.5 Å². The number of rotatable bonds is 4. The summed E-state index contributed by atoms with van der Waals surface area (Å²) in [5.74, 6) is -1.06. The number of anilines is 1. The summed E-state index contributed by atoms with van der Waals surface area (Å²) < 4.78 is 5.29. The first-order valence-corrected chi connectivity index (χ1v) is 8.67. The molecule has 0 spiro atoms. The number of carboxylic acid groups (broad SMARTS) is 1. The van der Waals surface area contributed by atoms with Gasteiger partial charge in [-0.3, -0.25) is 0 Å². The molecule has 1 heterocycles. The van der Waals surface area contributed by atoms with Gasteiger partial charge in [-0.1, -0.05) is 11.6 Å². The van der Waals surface area contributed by atoms with E-state index in [2.05, 4.69) is 15.6 Å². The number of pyridine rings is 1. The highest BCUT2D eigenvalue weighted by Gasteiger charge is 2.26. The third kappa shape index (κ3) is 6.08. The molecule has 0 radical (unpaired) electrons. The fourth-order valence-corrected chi connectivity index (χ4v) is 3.02. The fraction of sp³-hybridized carbons (Fsp3) is 0.588. The topological polar surface area (TPSA) is 101 Å². The highest BCUT2D eigenvalue weighted by molar-refractivity contribution is 6.29. The van der Waals surface area contributed by atoms with Crippen LogP contribution in [0.5, 0.6) is 0 Å². The summed E-state index contributed by atoms with van der Waals surface area (Å²) in [5.41, 5.74) is -0.0253. The molecule has 2 rings (SSSR count). The van der Waals surface area contributed by atoms with E-state index in [-0.39, 0.29) is 22.8 Å². The SMILES string of the molecule is CC(C)(C)OC(=O)NC1CCCC(Nc2cc(Cl)ncc2C(=O)O)C1. The van der Waals surface area contributed by atoms with Crippen molar-refractivity contribution in [2.24, 2.45) is 0 Å². The molecule has 2 unspecified atom stereocenters. The first-order chi connectivity index (χ1) is 11.6. The zero-order chi connectivity index (χ0) is 18.6. The van der Waals surface area contributed by atoms with Gasteiger partial charge in [0.2, 0.25) is 0 Å². The van der Waals surface area contributed by atoms with Crippen molar-refractivity contribution in [3.8, 4) is 0 Å². The number of aromatic nitrogens is 1. The number of alkyl carbamates (subject to hydrolysis) is 1. The van der Waals surface area contributed by atoms with Gasteiger partial charge < -0.3 is 20.5 Å². The number of carboxylic acids is 1. The van der Waals surface area contributed by atoms with Crippen LogP contribution in [0.3, 0.4) is 0 Å². The van der Waals surface area contributed by atoms with Crippen molar-refractivity contribution in [3.63, 3.8) is 0 Å². The summed E-state index contributed by atoms with van der Waals surface area (Å²) in [6.07, 6.45) is 4.15. The van der Waals surface area contributed by atoms with E-state index < -0.39 is 17.7 Å². The molecule has 1 aliphatic carbocycles. The molecule has 0 aromatic carbocycles. The summed E-state index contributed by atoms with van der Waals surface area (Å²) in [5, 5.41) is 15.6. The minimum Gasteiger partial charge on any atom is -0.478 e. The summed E-state index contributed by atoms with van der Waals surface area (Å²) in [7, 11) is 0. The number of nitrogens with zero attached hydrogens (tertiary/aromatic N) is 1. The Hall–Kier alpha value is -2.02. The summed E-state index contributed by atoms with van der Waals surface area (Å²) in [4.78, 5) is 27.1. The third-order valence-corrected chi connectivity index (χ3v) is 4.06. The molecule has 2 atom stereocenters. The quantitative estimate of drug-likeness (QED) is 0.700. The Morgan fingerprint density at radius 2 is 2.00 bits per heavy atom. The smallest absolute Gasteiger partial charge is 0.407 e. The van der Waals surface area contributed by atoms with Crippen LogP contribution in [-0.2, 0) is 4.74 Å². The second-order valence-corrected chi connectivity index (χ2v) is 7.60. The average molecular weight is 370 g/mol. The van der Waals surface area contributed by atoms with Crippen LogP contribution in [0, 0.1) is 0 Å². The van der Waals surface area contributed by atoms with Crippen molar-refractivity contribution in [2.75, 3.05) is 5.32 Å². The molecule has 0 aliphatic heterocycles. The van der Waals surface area contributed by atoms with Gasteiger partial charge in [-0.2, -0.15) is 0 Å². The zero-order valence-corrected chi connectivity index (χ0v) is 15.4. The maximum Gasteiger partial charge on any atom is 0.407 e. The standard InChI is InChI=1S/C17H24ClN3O4/c1-17(2,3)25-16(24)21-11-6-4-5-10(7-11)20-13-8-14(18)19-9-12(13)15(22)23/h8-11H,4-7H2,1-3H3,(H,19,20)(H,21,24)(H,22,23). The Balaban J connectivity index is 1.99. The molecule has 25 heavy (non-hydrogen) atoms. The number of hydrogen-bond acceptors (Lipinski definition) is 5. The van der Waals surface area contributed by atoms with Gasteiger partial charge in [-0.25, -0.2) is 14.6 Å². The zero-order valence-electron chi connectivity index (χ0n) is 14.6. The van der Waals surface area contributed by atoms with Gasteiger partial charge in [0.1, 0.15) is 16.3 Å². The van der Waals surface area contributed by atoms with Crippen molar-refractivity contribution in [1.82, 2.24) is 10.3 Å².